The minimum absolute atomic E-state index is 0.0111. The zero-order chi connectivity index (χ0) is 22.5. The Morgan fingerprint density at radius 2 is 1.81 bits per heavy atom. The van der Waals surface area contributed by atoms with Gasteiger partial charge in [-0.25, -0.2) is 4.39 Å². The number of hydrogen-bond donors (Lipinski definition) is 0. The number of halogens is 2. The van der Waals surface area contributed by atoms with Crippen LogP contribution < -0.4 is 0 Å². The monoisotopic (exact) mass is 461 g/mol. The summed E-state index contributed by atoms with van der Waals surface area (Å²) < 4.78 is 15.8. The Morgan fingerprint density at radius 3 is 2.45 bits per heavy atom. The molecule has 1 unspecified atom stereocenters. The molecule has 0 radical (unpaired) electrons. The van der Waals surface area contributed by atoms with Gasteiger partial charge in [0.25, 0.3) is 0 Å². The van der Waals surface area contributed by atoms with Gasteiger partial charge in [-0.05, 0) is 51.4 Å². The molecule has 31 heavy (non-hydrogen) atoms. The van der Waals surface area contributed by atoms with Gasteiger partial charge < -0.3 is 4.90 Å². The van der Waals surface area contributed by atoms with Crippen molar-refractivity contribution in [2.24, 2.45) is 0 Å². The second-order valence-electron chi connectivity index (χ2n) is 7.42. The van der Waals surface area contributed by atoms with Crippen LogP contribution in [0.1, 0.15) is 24.4 Å². The van der Waals surface area contributed by atoms with E-state index in [9.17, 15) is 9.18 Å². The molecule has 1 heterocycles. The van der Waals surface area contributed by atoms with Crippen molar-refractivity contribution in [3.8, 4) is 5.69 Å². The van der Waals surface area contributed by atoms with Crippen molar-refractivity contribution in [3.05, 3.63) is 70.8 Å². The van der Waals surface area contributed by atoms with Crippen LogP contribution in [0.15, 0.2) is 53.7 Å². The second-order valence-corrected chi connectivity index (χ2v) is 8.80. The summed E-state index contributed by atoms with van der Waals surface area (Å²) in [6.07, 6.45) is 0. The van der Waals surface area contributed by atoms with Crippen molar-refractivity contribution in [2.75, 3.05) is 26.9 Å². The Hall–Kier alpha value is -2.42. The number of thioether (sulfide) groups is 1. The molecule has 1 amide bonds. The Morgan fingerprint density at radius 1 is 1.13 bits per heavy atom. The second kappa shape index (κ2) is 10.3. The summed E-state index contributed by atoms with van der Waals surface area (Å²) in [5.41, 5.74) is 1.35. The summed E-state index contributed by atoms with van der Waals surface area (Å²) >= 11 is 7.35. The zero-order valence-corrected chi connectivity index (χ0v) is 19.5. The van der Waals surface area contributed by atoms with Gasteiger partial charge in [-0.15, -0.1) is 10.2 Å². The first kappa shape index (κ1) is 23.2. The minimum Gasteiger partial charge on any atom is -0.341 e. The lowest BCUT2D eigenvalue weighted by Gasteiger charge is -2.21. The molecule has 3 aromatic rings. The topological polar surface area (TPSA) is 54.3 Å². The van der Waals surface area contributed by atoms with Gasteiger partial charge in [-0.2, -0.15) is 0 Å². The standard InChI is InChI=1S/C22H25ClFN5OS/c1-15(27(2)3)21-25-26-22(29(21)18-11-9-17(23)10-12-18)31-14-20(30)28(4)13-16-7-5-6-8-19(16)24/h5-12,15H,13-14H2,1-4H3. The summed E-state index contributed by atoms with van der Waals surface area (Å²) in [5, 5.41) is 9.96. The summed E-state index contributed by atoms with van der Waals surface area (Å²) in [5.74, 6) is 0.482. The lowest BCUT2D eigenvalue weighted by atomic mass is 10.2. The van der Waals surface area contributed by atoms with Crippen LogP contribution in [-0.4, -0.2) is 57.4 Å². The average Bonchev–Trinajstić information content (AvgIpc) is 3.17. The number of carbonyl (C=O) groups excluding carboxylic acids is 1. The van der Waals surface area contributed by atoms with Crippen LogP contribution >= 0.6 is 23.4 Å². The van der Waals surface area contributed by atoms with E-state index in [1.54, 1.807) is 25.2 Å². The van der Waals surface area contributed by atoms with Crippen LogP contribution in [0.5, 0.6) is 0 Å². The molecule has 0 aliphatic heterocycles. The molecule has 9 heteroatoms. The fourth-order valence-electron chi connectivity index (χ4n) is 2.92. The molecule has 0 bridgehead atoms. The van der Waals surface area contributed by atoms with Crippen molar-refractivity contribution in [1.82, 2.24) is 24.6 Å². The van der Waals surface area contributed by atoms with Crippen LogP contribution in [0.2, 0.25) is 5.02 Å². The summed E-state index contributed by atoms with van der Waals surface area (Å²) in [4.78, 5) is 16.2. The fraction of sp³-hybridized carbons (Fsp3) is 0.318. The van der Waals surface area contributed by atoms with Gasteiger partial charge in [-0.1, -0.05) is 41.6 Å². The molecule has 6 nitrogen and oxygen atoms in total. The summed E-state index contributed by atoms with van der Waals surface area (Å²) in [7, 11) is 5.61. The maximum atomic E-state index is 13.9. The fourth-order valence-corrected chi connectivity index (χ4v) is 3.94. The third-order valence-corrected chi connectivity index (χ3v) is 6.17. The van der Waals surface area contributed by atoms with Crippen LogP contribution in [0.25, 0.3) is 5.69 Å². The van der Waals surface area contributed by atoms with E-state index in [1.165, 1.54) is 22.7 Å². The molecular formula is C22H25ClFN5OS. The van der Waals surface area contributed by atoms with Crippen molar-refractivity contribution in [2.45, 2.75) is 24.7 Å². The lowest BCUT2D eigenvalue weighted by Crippen LogP contribution is -2.28. The number of aromatic nitrogens is 3. The predicted molar refractivity (Wildman–Crippen MR) is 122 cm³/mol. The molecule has 0 fully saturated rings. The van der Waals surface area contributed by atoms with Crippen LogP contribution in [0.4, 0.5) is 4.39 Å². The molecule has 0 N–H and O–H groups in total. The molecular weight excluding hydrogens is 437 g/mol. The van der Waals surface area contributed by atoms with E-state index in [0.29, 0.717) is 15.7 Å². The van der Waals surface area contributed by atoms with E-state index in [-0.39, 0.29) is 30.1 Å². The van der Waals surface area contributed by atoms with E-state index in [0.717, 1.165) is 11.5 Å². The minimum atomic E-state index is -0.320. The quantitative estimate of drug-likeness (QED) is 0.464. The molecule has 1 aromatic heterocycles. The number of carbonyl (C=O) groups is 1. The van der Waals surface area contributed by atoms with Crippen molar-refractivity contribution in [3.63, 3.8) is 0 Å². The van der Waals surface area contributed by atoms with E-state index < -0.39 is 0 Å². The molecule has 0 spiro atoms. The number of hydrogen-bond acceptors (Lipinski definition) is 5. The Labute approximate surface area is 191 Å². The van der Waals surface area contributed by atoms with Gasteiger partial charge in [0, 0.05) is 29.9 Å². The first-order chi connectivity index (χ1) is 14.8. The molecule has 0 aliphatic carbocycles. The van der Waals surface area contributed by atoms with Gasteiger partial charge in [0.05, 0.1) is 11.8 Å². The highest BCUT2D eigenvalue weighted by molar-refractivity contribution is 7.99. The molecule has 0 saturated heterocycles. The number of benzene rings is 2. The molecule has 3 rings (SSSR count). The maximum absolute atomic E-state index is 13.9. The molecule has 2 aromatic carbocycles. The van der Waals surface area contributed by atoms with Gasteiger partial charge in [0.2, 0.25) is 5.91 Å². The molecule has 1 atom stereocenters. The van der Waals surface area contributed by atoms with Crippen molar-refractivity contribution >= 4 is 29.3 Å². The third kappa shape index (κ3) is 5.64. The van der Waals surface area contributed by atoms with Gasteiger partial charge in [0.15, 0.2) is 11.0 Å². The molecule has 0 saturated carbocycles. The highest BCUT2D eigenvalue weighted by Crippen LogP contribution is 2.27. The Bertz CT molecular complexity index is 1040. The van der Waals surface area contributed by atoms with Crippen LogP contribution in [0, 0.1) is 5.82 Å². The van der Waals surface area contributed by atoms with Gasteiger partial charge in [0.1, 0.15) is 5.82 Å². The van der Waals surface area contributed by atoms with Crippen molar-refractivity contribution < 1.29 is 9.18 Å². The number of amides is 1. The summed E-state index contributed by atoms with van der Waals surface area (Å²) in [6.45, 7) is 2.25. The van der Waals surface area contributed by atoms with Crippen molar-refractivity contribution in [1.29, 1.82) is 0 Å². The van der Waals surface area contributed by atoms with E-state index in [2.05, 4.69) is 10.2 Å². The number of nitrogens with zero attached hydrogens (tertiary/aromatic N) is 5. The van der Waals surface area contributed by atoms with Gasteiger partial charge in [-0.3, -0.25) is 14.3 Å². The predicted octanol–water partition coefficient (Wildman–Crippen LogP) is 4.43. The largest absolute Gasteiger partial charge is 0.341 e. The Kier molecular flexibility index (Phi) is 7.69. The molecule has 0 aliphatic rings. The van der Waals surface area contributed by atoms with E-state index in [1.807, 2.05) is 54.8 Å². The highest BCUT2D eigenvalue weighted by atomic mass is 35.5. The SMILES string of the molecule is CC(c1nnc(SCC(=O)N(C)Cc2ccccc2F)n1-c1ccc(Cl)cc1)N(C)C. The first-order valence-electron chi connectivity index (χ1n) is 9.75. The van der Waals surface area contributed by atoms with Crippen LogP contribution in [0.3, 0.4) is 0 Å². The van der Waals surface area contributed by atoms with E-state index in [4.69, 9.17) is 11.6 Å². The number of rotatable bonds is 8. The third-order valence-electron chi connectivity index (χ3n) is 5.01. The Balaban J connectivity index is 1.78. The summed E-state index contributed by atoms with van der Waals surface area (Å²) in [6, 6.07) is 13.9. The normalized spacial score (nSPS) is 12.2. The smallest absolute Gasteiger partial charge is 0.233 e. The van der Waals surface area contributed by atoms with Gasteiger partial charge >= 0.3 is 0 Å². The lowest BCUT2D eigenvalue weighted by molar-refractivity contribution is -0.127. The maximum Gasteiger partial charge on any atom is 0.233 e. The zero-order valence-electron chi connectivity index (χ0n) is 17.9. The molecule has 164 valence electrons. The first-order valence-corrected chi connectivity index (χ1v) is 11.1. The van der Waals surface area contributed by atoms with Crippen LogP contribution in [-0.2, 0) is 11.3 Å². The highest BCUT2D eigenvalue weighted by Gasteiger charge is 2.22. The van der Waals surface area contributed by atoms with E-state index >= 15 is 0 Å². The average molecular weight is 462 g/mol.